The molecule has 0 radical (unpaired) electrons. The van der Waals surface area contributed by atoms with Gasteiger partial charge in [0.05, 0.1) is 0 Å². The van der Waals surface area contributed by atoms with E-state index in [0.29, 0.717) is 5.92 Å². The van der Waals surface area contributed by atoms with Crippen LogP contribution in [0, 0.1) is 5.92 Å². The van der Waals surface area contributed by atoms with E-state index >= 15 is 0 Å². The molecule has 2 nitrogen and oxygen atoms in total. The van der Waals surface area contributed by atoms with Crippen LogP contribution in [-0.2, 0) is 6.54 Å². The molecular weight excluding hydrogens is 220 g/mol. The van der Waals surface area contributed by atoms with Gasteiger partial charge in [-0.05, 0) is 43.9 Å². The number of nitrogens with zero attached hydrogens (tertiary/aromatic N) is 1. The van der Waals surface area contributed by atoms with E-state index in [-0.39, 0.29) is 0 Å². The first-order valence-corrected chi connectivity index (χ1v) is 7.24. The van der Waals surface area contributed by atoms with E-state index < -0.39 is 0 Å². The highest BCUT2D eigenvalue weighted by Crippen LogP contribution is 2.35. The summed E-state index contributed by atoms with van der Waals surface area (Å²) in [5.74, 6) is 1.61. The van der Waals surface area contributed by atoms with Crippen LogP contribution in [-0.4, -0.2) is 31.1 Å². The first-order chi connectivity index (χ1) is 8.75. The molecule has 0 saturated heterocycles. The predicted molar refractivity (Wildman–Crippen MR) is 75.7 cm³/mol. The molecule has 1 N–H and O–H groups in total. The molecule has 2 atom stereocenters. The molecule has 18 heavy (non-hydrogen) atoms. The second-order valence-electron chi connectivity index (χ2n) is 6.04. The summed E-state index contributed by atoms with van der Waals surface area (Å²) in [4.78, 5) is 2.56. The van der Waals surface area contributed by atoms with Gasteiger partial charge in [-0.1, -0.05) is 24.3 Å². The van der Waals surface area contributed by atoms with Crippen molar-refractivity contribution in [3.05, 3.63) is 35.4 Å². The lowest BCUT2D eigenvalue weighted by Gasteiger charge is -2.33. The quantitative estimate of drug-likeness (QED) is 0.876. The van der Waals surface area contributed by atoms with Crippen LogP contribution in [0.25, 0.3) is 0 Å². The minimum atomic E-state index is 0.654. The van der Waals surface area contributed by atoms with Gasteiger partial charge in [-0.15, -0.1) is 0 Å². The Labute approximate surface area is 110 Å². The molecule has 2 unspecified atom stereocenters. The molecule has 2 heteroatoms. The van der Waals surface area contributed by atoms with Crippen LogP contribution < -0.4 is 5.32 Å². The van der Waals surface area contributed by atoms with Gasteiger partial charge in [0.2, 0.25) is 0 Å². The zero-order chi connectivity index (χ0) is 12.5. The number of hydrogen-bond donors (Lipinski definition) is 1. The molecule has 1 aromatic rings. The zero-order valence-corrected chi connectivity index (χ0v) is 11.5. The Morgan fingerprint density at radius 3 is 2.89 bits per heavy atom. The fourth-order valence-corrected chi connectivity index (χ4v) is 3.20. The zero-order valence-electron chi connectivity index (χ0n) is 11.5. The summed E-state index contributed by atoms with van der Waals surface area (Å²) in [7, 11) is 2.29. The van der Waals surface area contributed by atoms with Crippen LogP contribution >= 0.6 is 0 Å². The van der Waals surface area contributed by atoms with Gasteiger partial charge < -0.3 is 10.2 Å². The summed E-state index contributed by atoms with van der Waals surface area (Å²) in [5, 5.41) is 3.55. The minimum Gasteiger partial charge on any atom is -0.312 e. The first kappa shape index (κ1) is 12.2. The van der Waals surface area contributed by atoms with Gasteiger partial charge >= 0.3 is 0 Å². The molecule has 0 aromatic heterocycles. The third-order valence-corrected chi connectivity index (χ3v) is 4.71. The van der Waals surface area contributed by atoms with Crippen molar-refractivity contribution in [2.75, 3.05) is 20.1 Å². The van der Waals surface area contributed by atoms with Crippen molar-refractivity contribution in [2.45, 2.75) is 38.3 Å². The van der Waals surface area contributed by atoms with Gasteiger partial charge in [0.25, 0.3) is 0 Å². The highest BCUT2D eigenvalue weighted by atomic mass is 15.1. The number of hydrogen-bond acceptors (Lipinski definition) is 2. The third kappa shape index (κ3) is 2.45. The lowest BCUT2D eigenvalue weighted by Crippen LogP contribution is -2.39. The van der Waals surface area contributed by atoms with Crippen LogP contribution in [0.1, 0.15) is 36.8 Å². The maximum Gasteiger partial charge on any atom is 0.0208 e. The molecule has 1 aliphatic carbocycles. The highest BCUT2D eigenvalue weighted by Gasteiger charge is 2.32. The van der Waals surface area contributed by atoms with Crippen molar-refractivity contribution in [1.29, 1.82) is 0 Å². The van der Waals surface area contributed by atoms with E-state index in [9.17, 15) is 0 Å². The molecule has 1 fully saturated rings. The number of nitrogens with one attached hydrogen (secondary N) is 1. The molecule has 0 bridgehead atoms. The Bertz CT molecular complexity index is 411. The van der Waals surface area contributed by atoms with Gasteiger partial charge in [-0.2, -0.15) is 0 Å². The van der Waals surface area contributed by atoms with E-state index in [1.165, 1.54) is 24.9 Å². The molecule has 0 spiro atoms. The van der Waals surface area contributed by atoms with E-state index in [2.05, 4.69) is 48.5 Å². The van der Waals surface area contributed by atoms with Crippen molar-refractivity contribution in [3.63, 3.8) is 0 Å². The molecule has 1 aliphatic heterocycles. The summed E-state index contributed by atoms with van der Waals surface area (Å²) in [5.41, 5.74) is 3.05. The molecule has 3 rings (SSSR count). The van der Waals surface area contributed by atoms with Gasteiger partial charge in [0.15, 0.2) is 0 Å². The normalized spacial score (nSPS) is 24.9. The highest BCUT2D eigenvalue weighted by molar-refractivity contribution is 5.32. The second-order valence-corrected chi connectivity index (χ2v) is 6.04. The van der Waals surface area contributed by atoms with Crippen LogP contribution in [0.15, 0.2) is 24.3 Å². The fourth-order valence-electron chi connectivity index (χ4n) is 3.20. The summed E-state index contributed by atoms with van der Waals surface area (Å²) in [6, 6.07) is 9.66. The minimum absolute atomic E-state index is 0.654. The Balaban J connectivity index is 1.69. The Hall–Kier alpha value is -0.860. The summed E-state index contributed by atoms with van der Waals surface area (Å²) in [6.45, 7) is 5.73. The number of rotatable bonds is 4. The van der Waals surface area contributed by atoms with Crippen molar-refractivity contribution in [2.24, 2.45) is 5.92 Å². The van der Waals surface area contributed by atoms with Crippen molar-refractivity contribution < 1.29 is 0 Å². The van der Waals surface area contributed by atoms with Crippen molar-refractivity contribution in [3.8, 4) is 0 Å². The summed E-state index contributed by atoms with van der Waals surface area (Å²) < 4.78 is 0. The van der Waals surface area contributed by atoms with E-state index in [0.717, 1.165) is 25.0 Å². The first-order valence-electron chi connectivity index (χ1n) is 7.24. The summed E-state index contributed by atoms with van der Waals surface area (Å²) >= 11 is 0. The van der Waals surface area contributed by atoms with Gasteiger partial charge in [-0.3, -0.25) is 0 Å². The SMILES string of the molecule is CC(C1CC1)N(C)CC1CNCc2ccccc21. The number of fused-ring (bicyclic) bond motifs is 1. The maximum atomic E-state index is 3.55. The Kier molecular flexibility index (Phi) is 3.40. The lowest BCUT2D eigenvalue weighted by molar-refractivity contribution is 0.216. The molecule has 1 saturated carbocycles. The molecule has 1 heterocycles. The Morgan fingerprint density at radius 2 is 2.11 bits per heavy atom. The lowest BCUT2D eigenvalue weighted by atomic mass is 9.90. The predicted octanol–water partition coefficient (Wildman–Crippen LogP) is 2.60. The number of benzene rings is 1. The van der Waals surface area contributed by atoms with Crippen LogP contribution in [0.3, 0.4) is 0 Å². The van der Waals surface area contributed by atoms with Crippen LogP contribution in [0.5, 0.6) is 0 Å². The topological polar surface area (TPSA) is 15.3 Å². The molecule has 98 valence electrons. The second kappa shape index (κ2) is 5.02. The average Bonchev–Trinajstić information content (AvgIpc) is 3.22. The smallest absolute Gasteiger partial charge is 0.0208 e. The van der Waals surface area contributed by atoms with E-state index in [1.807, 2.05) is 0 Å². The van der Waals surface area contributed by atoms with E-state index in [1.54, 1.807) is 5.56 Å². The monoisotopic (exact) mass is 244 g/mol. The maximum absolute atomic E-state index is 3.55. The van der Waals surface area contributed by atoms with Crippen molar-refractivity contribution >= 4 is 0 Å². The average molecular weight is 244 g/mol. The van der Waals surface area contributed by atoms with E-state index in [4.69, 9.17) is 0 Å². The summed E-state index contributed by atoms with van der Waals surface area (Å²) in [6.07, 6.45) is 2.87. The van der Waals surface area contributed by atoms with Gasteiger partial charge in [0, 0.05) is 31.6 Å². The molecule has 2 aliphatic rings. The standard InChI is InChI=1S/C16H24N2/c1-12(13-7-8-13)18(2)11-15-10-17-9-14-5-3-4-6-16(14)15/h3-6,12-13,15,17H,7-11H2,1-2H3. The van der Waals surface area contributed by atoms with Gasteiger partial charge in [0.1, 0.15) is 0 Å². The largest absolute Gasteiger partial charge is 0.312 e. The number of likely N-dealkylation sites (N-methyl/N-ethyl adjacent to an activating group) is 1. The molecular formula is C16H24N2. The van der Waals surface area contributed by atoms with Gasteiger partial charge in [-0.25, -0.2) is 0 Å². The fraction of sp³-hybridized carbons (Fsp3) is 0.625. The molecule has 0 amide bonds. The van der Waals surface area contributed by atoms with Crippen LogP contribution in [0.2, 0.25) is 0 Å². The van der Waals surface area contributed by atoms with Crippen molar-refractivity contribution in [1.82, 2.24) is 10.2 Å². The third-order valence-electron chi connectivity index (χ3n) is 4.71. The van der Waals surface area contributed by atoms with Crippen LogP contribution in [0.4, 0.5) is 0 Å². The Morgan fingerprint density at radius 1 is 1.33 bits per heavy atom. The molecule has 1 aromatic carbocycles.